The molecule has 2 aromatic carbocycles. The van der Waals surface area contributed by atoms with Gasteiger partial charge in [-0.1, -0.05) is 42.4 Å². The van der Waals surface area contributed by atoms with Crippen LogP contribution in [0.5, 0.6) is 0 Å². The number of aryl methyl sites for hydroxylation is 1. The first-order valence-electron chi connectivity index (χ1n) is 8.17. The molecule has 0 unspecified atom stereocenters. The first-order valence-corrected chi connectivity index (χ1v) is 8.17. The van der Waals surface area contributed by atoms with Crippen molar-refractivity contribution in [3.63, 3.8) is 0 Å². The Hall–Kier alpha value is -3.10. The zero-order valence-corrected chi connectivity index (χ0v) is 14.1. The molecule has 3 rings (SSSR count). The largest absolute Gasteiger partial charge is 0.359 e. The lowest BCUT2D eigenvalue weighted by molar-refractivity contribution is 0.0863. The molecule has 5 nitrogen and oxygen atoms in total. The minimum absolute atomic E-state index is 0.398. The molecule has 25 heavy (non-hydrogen) atoms. The summed E-state index contributed by atoms with van der Waals surface area (Å²) in [6, 6.07) is 21.3. The maximum atomic E-state index is 8.88. The Morgan fingerprint density at radius 1 is 1.12 bits per heavy atom. The highest BCUT2D eigenvalue weighted by atomic mass is 16.7. The van der Waals surface area contributed by atoms with Gasteiger partial charge in [0.2, 0.25) is 0 Å². The van der Waals surface area contributed by atoms with Crippen molar-refractivity contribution in [2.45, 2.75) is 26.5 Å². The molecule has 0 aliphatic rings. The summed E-state index contributed by atoms with van der Waals surface area (Å²) in [4.78, 5) is 6.00. The maximum Gasteiger partial charge on any atom is 0.158 e. The van der Waals surface area contributed by atoms with E-state index in [1.165, 1.54) is 0 Å². The second kappa shape index (κ2) is 8.13. The molecule has 1 aromatic heterocycles. The number of anilines is 1. The molecule has 0 amide bonds. The van der Waals surface area contributed by atoms with E-state index in [0.717, 1.165) is 29.1 Å². The molecule has 0 N–H and O–H groups in total. The van der Waals surface area contributed by atoms with Crippen LogP contribution in [0.1, 0.15) is 29.5 Å². The van der Waals surface area contributed by atoms with Crippen molar-refractivity contribution in [1.82, 2.24) is 5.16 Å². The molecule has 0 saturated carbocycles. The standard InChI is InChI=1S/C20H19N3O2/c1-2-18-12-20(25-22-18)14-23(19-6-4-3-5-7-19)24-15-17-10-8-16(13-21)9-11-17/h3-12H,2,14-15H2,1H3. The van der Waals surface area contributed by atoms with Crippen molar-refractivity contribution in [3.05, 3.63) is 83.2 Å². The molecule has 0 aliphatic heterocycles. The minimum Gasteiger partial charge on any atom is -0.359 e. The number of hydroxylamine groups is 1. The highest BCUT2D eigenvalue weighted by Crippen LogP contribution is 2.19. The quantitative estimate of drug-likeness (QED) is 0.605. The highest BCUT2D eigenvalue weighted by molar-refractivity contribution is 5.43. The summed E-state index contributed by atoms with van der Waals surface area (Å²) in [6.45, 7) is 2.90. The van der Waals surface area contributed by atoms with Gasteiger partial charge in [0.15, 0.2) is 5.76 Å². The zero-order chi connectivity index (χ0) is 17.5. The molecule has 0 atom stereocenters. The minimum atomic E-state index is 0.398. The van der Waals surface area contributed by atoms with Crippen LogP contribution in [0, 0.1) is 11.3 Å². The van der Waals surface area contributed by atoms with E-state index >= 15 is 0 Å². The lowest BCUT2D eigenvalue weighted by Gasteiger charge is -2.22. The molecular formula is C20H19N3O2. The Kier molecular flexibility index (Phi) is 5.45. The molecule has 0 bridgehead atoms. The van der Waals surface area contributed by atoms with Crippen LogP contribution < -0.4 is 5.06 Å². The van der Waals surface area contributed by atoms with E-state index in [1.54, 1.807) is 17.2 Å². The topological polar surface area (TPSA) is 62.3 Å². The van der Waals surface area contributed by atoms with Gasteiger partial charge in [-0.3, -0.25) is 4.84 Å². The van der Waals surface area contributed by atoms with Crippen LogP contribution in [0.3, 0.4) is 0 Å². The number of aromatic nitrogens is 1. The Labute approximate surface area is 147 Å². The molecule has 0 spiro atoms. The molecule has 5 heteroatoms. The van der Waals surface area contributed by atoms with Crippen LogP contribution in [-0.4, -0.2) is 5.16 Å². The Morgan fingerprint density at radius 3 is 2.52 bits per heavy atom. The Balaban J connectivity index is 1.72. The van der Waals surface area contributed by atoms with Crippen LogP contribution in [0.15, 0.2) is 65.2 Å². The predicted molar refractivity (Wildman–Crippen MR) is 94.5 cm³/mol. The van der Waals surface area contributed by atoms with Crippen molar-refractivity contribution < 1.29 is 9.36 Å². The molecule has 0 fully saturated rings. The number of hydrogen-bond donors (Lipinski definition) is 0. The van der Waals surface area contributed by atoms with Gasteiger partial charge in [-0.2, -0.15) is 5.26 Å². The SMILES string of the molecule is CCc1cc(CN(OCc2ccc(C#N)cc2)c2ccccc2)on1. The average molecular weight is 333 g/mol. The molecule has 0 aliphatic carbocycles. The molecule has 0 saturated heterocycles. The van der Waals surface area contributed by atoms with E-state index < -0.39 is 0 Å². The number of nitriles is 1. The molecule has 126 valence electrons. The van der Waals surface area contributed by atoms with E-state index in [2.05, 4.69) is 11.2 Å². The summed E-state index contributed by atoms with van der Waals surface area (Å²) in [7, 11) is 0. The van der Waals surface area contributed by atoms with E-state index in [9.17, 15) is 0 Å². The first-order chi connectivity index (χ1) is 12.3. The summed E-state index contributed by atoms with van der Waals surface area (Å²) in [5.41, 5.74) is 3.49. The number of benzene rings is 2. The third-order valence-electron chi connectivity index (χ3n) is 3.78. The van der Waals surface area contributed by atoms with Gasteiger partial charge in [0, 0.05) is 6.07 Å². The molecular weight excluding hydrogens is 314 g/mol. The van der Waals surface area contributed by atoms with Gasteiger partial charge in [0.25, 0.3) is 0 Å². The molecule has 1 heterocycles. The van der Waals surface area contributed by atoms with E-state index in [0.29, 0.717) is 18.7 Å². The molecule has 0 radical (unpaired) electrons. The maximum absolute atomic E-state index is 8.88. The molecule has 3 aromatic rings. The second-order valence-electron chi connectivity index (χ2n) is 5.59. The van der Waals surface area contributed by atoms with Crippen molar-refractivity contribution >= 4 is 5.69 Å². The van der Waals surface area contributed by atoms with Crippen molar-refractivity contribution in [3.8, 4) is 6.07 Å². The van der Waals surface area contributed by atoms with Gasteiger partial charge >= 0.3 is 0 Å². The fourth-order valence-electron chi connectivity index (χ4n) is 2.37. The van der Waals surface area contributed by atoms with Gasteiger partial charge in [-0.25, -0.2) is 5.06 Å². The van der Waals surface area contributed by atoms with Crippen molar-refractivity contribution in [2.24, 2.45) is 0 Å². The van der Waals surface area contributed by atoms with E-state index in [-0.39, 0.29) is 0 Å². The highest BCUT2D eigenvalue weighted by Gasteiger charge is 2.12. The monoisotopic (exact) mass is 333 g/mol. The third-order valence-corrected chi connectivity index (χ3v) is 3.78. The Bertz CT molecular complexity index is 835. The summed E-state index contributed by atoms with van der Waals surface area (Å²) >= 11 is 0. The van der Waals surface area contributed by atoms with Crippen molar-refractivity contribution in [2.75, 3.05) is 5.06 Å². The van der Waals surface area contributed by atoms with Crippen LogP contribution in [0.4, 0.5) is 5.69 Å². The van der Waals surface area contributed by atoms with E-state index in [4.69, 9.17) is 14.6 Å². The first kappa shape index (κ1) is 16.7. The van der Waals surface area contributed by atoms with Gasteiger partial charge in [-0.15, -0.1) is 0 Å². The smallest absolute Gasteiger partial charge is 0.158 e. The zero-order valence-electron chi connectivity index (χ0n) is 14.1. The third kappa shape index (κ3) is 4.46. The Morgan fingerprint density at radius 2 is 1.88 bits per heavy atom. The fraction of sp³-hybridized carbons (Fsp3) is 0.200. The van der Waals surface area contributed by atoms with Gasteiger partial charge in [-0.05, 0) is 36.2 Å². The van der Waals surface area contributed by atoms with Crippen LogP contribution in [-0.2, 0) is 24.4 Å². The van der Waals surface area contributed by atoms with Crippen molar-refractivity contribution in [1.29, 1.82) is 5.26 Å². The van der Waals surface area contributed by atoms with Crippen LogP contribution in [0.2, 0.25) is 0 Å². The van der Waals surface area contributed by atoms with Crippen LogP contribution in [0.25, 0.3) is 0 Å². The lowest BCUT2D eigenvalue weighted by Crippen LogP contribution is -2.22. The fourth-order valence-corrected chi connectivity index (χ4v) is 2.37. The van der Waals surface area contributed by atoms with Crippen LogP contribution >= 0.6 is 0 Å². The van der Waals surface area contributed by atoms with Gasteiger partial charge in [0.1, 0.15) is 6.54 Å². The van der Waals surface area contributed by atoms with Gasteiger partial charge in [0.05, 0.1) is 29.6 Å². The lowest BCUT2D eigenvalue weighted by atomic mass is 10.2. The van der Waals surface area contributed by atoms with E-state index in [1.807, 2.05) is 55.5 Å². The predicted octanol–water partition coefficient (Wildman–Crippen LogP) is 4.25. The summed E-state index contributed by atoms with van der Waals surface area (Å²) < 4.78 is 5.38. The normalized spacial score (nSPS) is 10.4. The number of nitrogens with zero attached hydrogens (tertiary/aromatic N) is 3. The number of para-hydroxylation sites is 1. The summed E-state index contributed by atoms with van der Waals surface area (Å²) in [6.07, 6.45) is 0.834. The second-order valence-corrected chi connectivity index (χ2v) is 5.59. The van der Waals surface area contributed by atoms with Gasteiger partial charge < -0.3 is 4.52 Å². The number of hydrogen-bond acceptors (Lipinski definition) is 5. The average Bonchev–Trinajstić information content (AvgIpc) is 3.14. The number of rotatable bonds is 7. The summed E-state index contributed by atoms with van der Waals surface area (Å²) in [5.74, 6) is 0.750. The summed E-state index contributed by atoms with van der Waals surface area (Å²) in [5, 5.41) is 14.7.